The van der Waals surface area contributed by atoms with Crippen molar-refractivity contribution in [3.8, 4) is 0 Å². The van der Waals surface area contributed by atoms with Crippen LogP contribution in [0.25, 0.3) is 10.9 Å². The van der Waals surface area contributed by atoms with Gasteiger partial charge in [-0.05, 0) is 37.5 Å². The van der Waals surface area contributed by atoms with E-state index in [9.17, 15) is 14.4 Å². The first-order valence-electron chi connectivity index (χ1n) is 9.53. The Hall–Kier alpha value is -3.14. The predicted octanol–water partition coefficient (Wildman–Crippen LogP) is 2.11. The van der Waals surface area contributed by atoms with E-state index in [0.717, 1.165) is 36.5 Å². The summed E-state index contributed by atoms with van der Waals surface area (Å²) in [5.74, 6) is -0.888. The molecule has 2 amide bonds. The molecular formula is C19H20N6O3S. The maximum atomic E-state index is 12.9. The summed E-state index contributed by atoms with van der Waals surface area (Å²) in [6.07, 6.45) is 4.53. The van der Waals surface area contributed by atoms with Gasteiger partial charge in [-0.15, -0.1) is 10.2 Å². The Morgan fingerprint density at radius 2 is 1.97 bits per heavy atom. The van der Waals surface area contributed by atoms with Gasteiger partial charge in [-0.25, -0.2) is 4.98 Å². The molecule has 0 atom stereocenters. The number of carbonyl (C=O) groups excluding carboxylic acids is 2. The van der Waals surface area contributed by atoms with Gasteiger partial charge < -0.3 is 5.32 Å². The average molecular weight is 412 g/mol. The summed E-state index contributed by atoms with van der Waals surface area (Å²) < 4.78 is 1.72. The van der Waals surface area contributed by atoms with Crippen LogP contribution < -0.4 is 16.2 Å². The lowest BCUT2D eigenvalue weighted by atomic mass is 10.2. The van der Waals surface area contributed by atoms with Crippen LogP contribution in [0.4, 0.5) is 10.8 Å². The molecule has 0 bridgehead atoms. The molecule has 2 aromatic heterocycles. The number of amides is 2. The number of rotatable bonds is 3. The second-order valence-corrected chi connectivity index (χ2v) is 7.85. The van der Waals surface area contributed by atoms with Crippen LogP contribution in [-0.2, 0) is 29.0 Å². The zero-order valence-electron chi connectivity index (χ0n) is 15.9. The number of carbonyl (C=O) groups is 2. The van der Waals surface area contributed by atoms with Crippen molar-refractivity contribution in [2.75, 3.05) is 10.6 Å². The second-order valence-electron chi connectivity index (χ2n) is 6.79. The third-order valence-corrected chi connectivity index (χ3v) is 5.75. The van der Waals surface area contributed by atoms with E-state index >= 15 is 0 Å². The van der Waals surface area contributed by atoms with Gasteiger partial charge in [0.25, 0.3) is 5.56 Å². The van der Waals surface area contributed by atoms with E-state index in [4.69, 9.17) is 0 Å². The molecule has 0 unspecified atom stereocenters. The first kappa shape index (κ1) is 19.2. The zero-order valence-corrected chi connectivity index (χ0v) is 16.7. The van der Waals surface area contributed by atoms with Crippen molar-refractivity contribution in [3.63, 3.8) is 0 Å². The molecular weight excluding hydrogens is 392 g/mol. The lowest BCUT2D eigenvalue weighted by Crippen LogP contribution is -2.29. The van der Waals surface area contributed by atoms with Crippen LogP contribution in [0.15, 0.2) is 23.0 Å². The molecule has 1 aliphatic rings. The lowest BCUT2D eigenvalue weighted by Gasteiger charge is -2.11. The Kier molecular flexibility index (Phi) is 5.34. The van der Waals surface area contributed by atoms with Crippen LogP contribution >= 0.6 is 11.3 Å². The molecule has 29 heavy (non-hydrogen) atoms. The van der Waals surface area contributed by atoms with E-state index in [1.807, 2.05) is 6.92 Å². The molecule has 0 saturated heterocycles. The Balaban J connectivity index is 1.54. The van der Waals surface area contributed by atoms with Crippen molar-refractivity contribution in [2.24, 2.45) is 0 Å². The number of hydrogen-bond donors (Lipinski definition) is 2. The highest BCUT2D eigenvalue weighted by molar-refractivity contribution is 7.15. The molecule has 10 heteroatoms. The molecule has 1 aromatic carbocycles. The van der Waals surface area contributed by atoms with E-state index in [1.54, 1.807) is 22.8 Å². The highest BCUT2D eigenvalue weighted by Gasteiger charge is 2.18. The SMILES string of the molecule is CCc1nnc(NC(=O)C(=O)Nc2ccc3nc4n(c(=O)c3c2)CCCCC4)s1. The van der Waals surface area contributed by atoms with Gasteiger partial charge in [0.15, 0.2) is 0 Å². The van der Waals surface area contributed by atoms with Crippen molar-refractivity contribution in [3.05, 3.63) is 39.4 Å². The Morgan fingerprint density at radius 1 is 1.14 bits per heavy atom. The Labute approximate surface area is 170 Å². The van der Waals surface area contributed by atoms with Gasteiger partial charge >= 0.3 is 11.8 Å². The van der Waals surface area contributed by atoms with Crippen molar-refractivity contribution in [2.45, 2.75) is 45.6 Å². The molecule has 0 spiro atoms. The number of benzene rings is 1. The normalized spacial score (nSPS) is 13.6. The van der Waals surface area contributed by atoms with Crippen LogP contribution in [-0.4, -0.2) is 31.6 Å². The molecule has 2 N–H and O–H groups in total. The fourth-order valence-electron chi connectivity index (χ4n) is 3.28. The van der Waals surface area contributed by atoms with E-state index in [1.165, 1.54) is 11.3 Å². The number of anilines is 2. The fourth-order valence-corrected chi connectivity index (χ4v) is 3.96. The fraction of sp³-hybridized carbons (Fsp3) is 0.368. The smallest absolute Gasteiger partial charge is 0.315 e. The van der Waals surface area contributed by atoms with Crippen molar-refractivity contribution >= 4 is 44.9 Å². The number of aromatic nitrogens is 4. The largest absolute Gasteiger partial charge is 0.318 e. The van der Waals surface area contributed by atoms with Crippen LogP contribution in [0.5, 0.6) is 0 Å². The van der Waals surface area contributed by atoms with Crippen LogP contribution in [0.1, 0.15) is 37.0 Å². The minimum absolute atomic E-state index is 0.117. The van der Waals surface area contributed by atoms with Gasteiger partial charge in [0, 0.05) is 18.7 Å². The average Bonchev–Trinajstić information content (AvgIpc) is 3.04. The molecule has 0 aliphatic carbocycles. The molecule has 150 valence electrons. The maximum Gasteiger partial charge on any atom is 0.315 e. The van der Waals surface area contributed by atoms with E-state index < -0.39 is 11.8 Å². The zero-order chi connectivity index (χ0) is 20.4. The maximum absolute atomic E-state index is 12.9. The van der Waals surface area contributed by atoms with Crippen LogP contribution in [0, 0.1) is 0 Å². The number of nitrogens with zero attached hydrogens (tertiary/aromatic N) is 4. The van der Waals surface area contributed by atoms with Crippen LogP contribution in [0.2, 0.25) is 0 Å². The van der Waals surface area contributed by atoms with Crippen molar-refractivity contribution in [1.82, 2.24) is 19.7 Å². The van der Waals surface area contributed by atoms with E-state index in [0.29, 0.717) is 29.6 Å². The lowest BCUT2D eigenvalue weighted by molar-refractivity contribution is -0.133. The van der Waals surface area contributed by atoms with Gasteiger partial charge in [-0.3, -0.25) is 24.3 Å². The summed E-state index contributed by atoms with van der Waals surface area (Å²) in [7, 11) is 0. The monoisotopic (exact) mass is 412 g/mol. The third-order valence-electron chi connectivity index (χ3n) is 4.77. The van der Waals surface area contributed by atoms with E-state index in [-0.39, 0.29) is 10.7 Å². The first-order chi connectivity index (χ1) is 14.0. The van der Waals surface area contributed by atoms with Crippen LogP contribution in [0.3, 0.4) is 0 Å². The minimum Gasteiger partial charge on any atom is -0.318 e. The van der Waals surface area contributed by atoms with E-state index in [2.05, 4.69) is 25.8 Å². The molecule has 3 aromatic rings. The molecule has 9 nitrogen and oxygen atoms in total. The second kappa shape index (κ2) is 8.08. The van der Waals surface area contributed by atoms with Gasteiger partial charge in [0.05, 0.1) is 10.9 Å². The quantitative estimate of drug-likeness (QED) is 0.636. The van der Waals surface area contributed by atoms with Gasteiger partial charge in [-0.2, -0.15) is 0 Å². The Bertz CT molecular complexity index is 1150. The molecule has 0 fully saturated rings. The summed E-state index contributed by atoms with van der Waals surface area (Å²) in [6, 6.07) is 4.89. The molecule has 1 aliphatic heterocycles. The summed E-state index contributed by atoms with van der Waals surface area (Å²) >= 11 is 1.22. The number of aryl methyl sites for hydroxylation is 2. The number of fused-ring (bicyclic) bond motifs is 2. The van der Waals surface area contributed by atoms with Crippen molar-refractivity contribution < 1.29 is 9.59 Å². The molecule has 0 saturated carbocycles. The summed E-state index contributed by atoms with van der Waals surface area (Å²) in [6.45, 7) is 2.58. The minimum atomic E-state index is -0.847. The highest BCUT2D eigenvalue weighted by atomic mass is 32.1. The summed E-state index contributed by atoms with van der Waals surface area (Å²) in [5.41, 5.74) is 0.831. The highest BCUT2D eigenvalue weighted by Crippen LogP contribution is 2.19. The molecule has 4 rings (SSSR count). The number of hydrogen-bond acceptors (Lipinski definition) is 7. The number of nitrogens with one attached hydrogen (secondary N) is 2. The van der Waals surface area contributed by atoms with Gasteiger partial charge in [0.2, 0.25) is 5.13 Å². The third kappa shape index (κ3) is 4.02. The van der Waals surface area contributed by atoms with Crippen molar-refractivity contribution in [1.29, 1.82) is 0 Å². The van der Waals surface area contributed by atoms with Gasteiger partial charge in [-0.1, -0.05) is 24.7 Å². The molecule has 0 radical (unpaired) electrons. The summed E-state index contributed by atoms with van der Waals surface area (Å²) in [4.78, 5) is 41.8. The Morgan fingerprint density at radius 3 is 2.76 bits per heavy atom. The van der Waals surface area contributed by atoms with Gasteiger partial charge in [0.1, 0.15) is 10.8 Å². The predicted molar refractivity (Wildman–Crippen MR) is 110 cm³/mol. The topological polar surface area (TPSA) is 119 Å². The summed E-state index contributed by atoms with van der Waals surface area (Å²) in [5, 5.41) is 14.1. The molecule has 3 heterocycles. The first-order valence-corrected chi connectivity index (χ1v) is 10.3. The standard InChI is InChI=1S/C19H20N6O3S/c1-2-15-23-24-19(29-15)22-17(27)16(26)20-11-7-8-13-12(10-11)18(28)25-9-5-3-4-6-14(25)21-13/h7-8,10H,2-6,9H2,1H3,(H,20,26)(H,22,24,27).